The summed E-state index contributed by atoms with van der Waals surface area (Å²) in [5.74, 6) is -1.52. The van der Waals surface area contributed by atoms with Gasteiger partial charge in [0.15, 0.2) is 0 Å². The van der Waals surface area contributed by atoms with E-state index in [1.54, 1.807) is 0 Å². The molecule has 1 atom stereocenters. The quantitative estimate of drug-likeness (QED) is 0.866. The molecule has 1 aliphatic heterocycles. The van der Waals surface area contributed by atoms with E-state index >= 15 is 0 Å². The second-order valence-corrected chi connectivity index (χ2v) is 8.11. The van der Waals surface area contributed by atoms with Crippen LogP contribution in [0.5, 0.6) is 0 Å². The molecule has 3 rings (SSSR count). The molecule has 1 aliphatic rings. The lowest BCUT2D eigenvalue weighted by Gasteiger charge is -2.34. The summed E-state index contributed by atoms with van der Waals surface area (Å²) in [6.45, 7) is 2.41. The van der Waals surface area contributed by atoms with E-state index in [4.69, 9.17) is 0 Å². The summed E-state index contributed by atoms with van der Waals surface area (Å²) in [6, 6.07) is 4.97. The maximum atomic E-state index is 13.0. The van der Waals surface area contributed by atoms with Crippen molar-refractivity contribution in [3.63, 3.8) is 0 Å². The van der Waals surface area contributed by atoms with E-state index in [9.17, 15) is 23.1 Å². The third kappa shape index (κ3) is 3.19. The zero-order chi connectivity index (χ0) is 18.2. The first kappa shape index (κ1) is 17.6. The number of hydrogen-bond acceptors (Lipinski definition) is 5. The fraction of sp³-hybridized carbons (Fsp3) is 0.412. The molecule has 0 unspecified atom stereocenters. The summed E-state index contributed by atoms with van der Waals surface area (Å²) in [7, 11) is -3.74. The van der Waals surface area contributed by atoms with Crippen LogP contribution in [0.3, 0.4) is 0 Å². The number of carbonyl (C=O) groups is 1. The highest BCUT2D eigenvalue weighted by Crippen LogP contribution is 2.28. The third-order valence-electron chi connectivity index (χ3n) is 4.69. The Labute approximate surface area is 145 Å². The van der Waals surface area contributed by atoms with Crippen molar-refractivity contribution >= 4 is 26.9 Å². The minimum absolute atomic E-state index is 0.0231. The number of fused-ring (bicyclic) bond motifs is 1. The number of piperidine rings is 1. The van der Waals surface area contributed by atoms with Gasteiger partial charge in [-0.2, -0.15) is 4.31 Å². The van der Waals surface area contributed by atoms with E-state index in [1.165, 1.54) is 22.5 Å². The molecule has 7 nitrogen and oxygen atoms in total. The summed E-state index contributed by atoms with van der Waals surface area (Å²) < 4.78 is 27.6. The normalized spacial score (nSPS) is 19.2. The average Bonchev–Trinajstić information content (AvgIpc) is 2.60. The minimum Gasteiger partial charge on any atom is -0.545 e. The number of aromatic carboxylic acids is 1. The van der Waals surface area contributed by atoms with Gasteiger partial charge in [-0.05, 0) is 37.5 Å². The number of carboxylic acids is 1. The smallest absolute Gasteiger partial charge is 0.249 e. The summed E-state index contributed by atoms with van der Waals surface area (Å²) in [5, 5.41) is 11.4. The summed E-state index contributed by atoms with van der Waals surface area (Å²) >= 11 is 0. The highest BCUT2D eigenvalue weighted by atomic mass is 32.2. The number of hydrogen-bond donors (Lipinski definition) is 1. The summed E-state index contributed by atoms with van der Waals surface area (Å²) in [4.78, 5) is 25.4. The molecule has 1 fully saturated rings. The van der Waals surface area contributed by atoms with Crippen molar-refractivity contribution in [2.45, 2.75) is 43.5 Å². The van der Waals surface area contributed by atoms with E-state index in [1.807, 2.05) is 6.92 Å². The maximum Gasteiger partial charge on any atom is 0.249 e. The van der Waals surface area contributed by atoms with Gasteiger partial charge in [0.1, 0.15) is 0 Å². The molecule has 8 heteroatoms. The van der Waals surface area contributed by atoms with Gasteiger partial charge in [0.2, 0.25) is 15.6 Å². The van der Waals surface area contributed by atoms with Crippen LogP contribution in [0.25, 0.3) is 10.9 Å². The van der Waals surface area contributed by atoms with E-state index in [2.05, 4.69) is 4.98 Å². The predicted molar refractivity (Wildman–Crippen MR) is 90.7 cm³/mol. The number of carbonyl (C=O) groups excluding carboxylic acids is 1. The number of sulfonamides is 1. The van der Waals surface area contributed by atoms with Gasteiger partial charge in [-0.1, -0.05) is 13.3 Å². The van der Waals surface area contributed by atoms with Crippen LogP contribution in [-0.2, 0) is 10.0 Å². The van der Waals surface area contributed by atoms with Gasteiger partial charge >= 0.3 is 0 Å². The molecule has 1 saturated heterocycles. The third-order valence-corrected chi connectivity index (χ3v) is 6.63. The number of benzene rings is 1. The molecule has 2 aromatic rings. The number of pyridine rings is 1. The first-order chi connectivity index (χ1) is 11.8. The van der Waals surface area contributed by atoms with Crippen LogP contribution >= 0.6 is 0 Å². The minimum atomic E-state index is -3.74. The monoisotopic (exact) mass is 363 g/mol. The van der Waals surface area contributed by atoms with Gasteiger partial charge in [-0.3, -0.25) is 4.79 Å². The molecule has 0 bridgehead atoms. The highest BCUT2D eigenvalue weighted by Gasteiger charge is 2.32. The Balaban J connectivity index is 2.15. The van der Waals surface area contributed by atoms with Crippen molar-refractivity contribution in [3.05, 3.63) is 40.2 Å². The molecule has 0 spiro atoms. The fourth-order valence-corrected chi connectivity index (χ4v) is 5.19. The first-order valence-electron chi connectivity index (χ1n) is 8.25. The molecule has 25 heavy (non-hydrogen) atoms. The Morgan fingerprint density at radius 1 is 1.32 bits per heavy atom. The molecule has 0 saturated carbocycles. The summed E-state index contributed by atoms with van der Waals surface area (Å²) in [5.41, 5.74) is -0.637. The van der Waals surface area contributed by atoms with E-state index in [-0.39, 0.29) is 27.4 Å². The molecular weight excluding hydrogens is 344 g/mol. The van der Waals surface area contributed by atoms with Crippen molar-refractivity contribution < 1.29 is 18.3 Å². The lowest BCUT2D eigenvalue weighted by Crippen LogP contribution is -2.43. The highest BCUT2D eigenvalue weighted by molar-refractivity contribution is 7.89. The molecule has 1 N–H and O–H groups in total. The van der Waals surface area contributed by atoms with Crippen molar-refractivity contribution in [3.8, 4) is 0 Å². The van der Waals surface area contributed by atoms with Crippen LogP contribution in [0.2, 0.25) is 0 Å². The van der Waals surface area contributed by atoms with Crippen LogP contribution in [0.1, 0.15) is 43.0 Å². The van der Waals surface area contributed by atoms with Crippen molar-refractivity contribution in [1.82, 2.24) is 9.29 Å². The van der Waals surface area contributed by atoms with Gasteiger partial charge in [0.05, 0.1) is 10.9 Å². The van der Waals surface area contributed by atoms with E-state index in [0.29, 0.717) is 6.54 Å². The van der Waals surface area contributed by atoms with Gasteiger partial charge in [-0.15, -0.1) is 0 Å². The SMILES string of the molecule is CC[C@@H]1CCCCN1S(=O)(=O)c1ccc2[nH]c(=O)cc(C(=O)[O-])c2c1. The lowest BCUT2D eigenvalue weighted by molar-refractivity contribution is -0.254. The Morgan fingerprint density at radius 3 is 2.76 bits per heavy atom. The number of carboxylic acid groups (broad SMARTS) is 1. The maximum absolute atomic E-state index is 13.0. The topological polar surface area (TPSA) is 110 Å². The van der Waals surface area contributed by atoms with Crippen LogP contribution in [0, 0.1) is 0 Å². The number of nitrogens with one attached hydrogen (secondary N) is 1. The van der Waals surface area contributed by atoms with Crippen molar-refractivity contribution in [2.75, 3.05) is 6.54 Å². The van der Waals surface area contributed by atoms with Gasteiger partial charge in [0.25, 0.3) is 0 Å². The number of rotatable bonds is 4. The summed E-state index contributed by atoms with van der Waals surface area (Å²) in [6.07, 6.45) is 3.35. The molecule has 0 amide bonds. The molecule has 134 valence electrons. The number of nitrogens with zero attached hydrogens (tertiary/aromatic N) is 1. The number of aromatic nitrogens is 1. The fourth-order valence-electron chi connectivity index (χ4n) is 3.40. The molecule has 1 aromatic carbocycles. The van der Waals surface area contributed by atoms with Gasteiger partial charge in [0, 0.05) is 35.1 Å². The molecule has 1 aromatic heterocycles. The van der Waals surface area contributed by atoms with Crippen LogP contribution in [0.15, 0.2) is 34.0 Å². The van der Waals surface area contributed by atoms with Crippen LogP contribution in [-0.4, -0.2) is 36.3 Å². The molecule has 0 radical (unpaired) electrons. The second kappa shape index (κ2) is 6.61. The zero-order valence-corrected chi connectivity index (χ0v) is 14.6. The van der Waals surface area contributed by atoms with Crippen molar-refractivity contribution in [2.24, 2.45) is 0 Å². The first-order valence-corrected chi connectivity index (χ1v) is 9.69. The van der Waals surface area contributed by atoms with Gasteiger partial charge in [-0.25, -0.2) is 8.42 Å². The number of aromatic amines is 1. The number of H-pyrrole nitrogens is 1. The Morgan fingerprint density at radius 2 is 2.08 bits per heavy atom. The molecule has 2 heterocycles. The Hall–Kier alpha value is -2.19. The van der Waals surface area contributed by atoms with Crippen LogP contribution < -0.4 is 10.7 Å². The van der Waals surface area contributed by atoms with E-state index in [0.717, 1.165) is 31.7 Å². The van der Waals surface area contributed by atoms with Crippen molar-refractivity contribution in [1.29, 1.82) is 0 Å². The average molecular weight is 363 g/mol. The van der Waals surface area contributed by atoms with E-state index < -0.39 is 21.6 Å². The zero-order valence-electron chi connectivity index (χ0n) is 13.8. The predicted octanol–water partition coefficient (Wildman–Crippen LogP) is 0.845. The van der Waals surface area contributed by atoms with Crippen LogP contribution in [0.4, 0.5) is 0 Å². The molecular formula is C17H19N2O5S-. The standard InChI is InChI=1S/C17H20N2O5S/c1-2-11-5-3-4-8-19(11)25(23,24)12-6-7-15-13(9-12)14(17(21)22)10-16(20)18-15/h6-7,9-11H,2-5,8H2,1H3,(H,18,20)(H,21,22)/p-1/t11-/m1/s1. The Bertz CT molecular complexity index is 980. The lowest BCUT2D eigenvalue weighted by atomic mass is 10.0. The molecule has 0 aliphatic carbocycles. The largest absolute Gasteiger partial charge is 0.545 e. The van der Waals surface area contributed by atoms with Gasteiger partial charge < -0.3 is 14.9 Å². The Kier molecular flexibility index (Phi) is 4.66. The second-order valence-electron chi connectivity index (χ2n) is 6.22.